The summed E-state index contributed by atoms with van der Waals surface area (Å²) in [6, 6.07) is 1.37. The van der Waals surface area contributed by atoms with Crippen molar-refractivity contribution in [2.45, 2.75) is 58.5 Å². The molecule has 0 amide bonds. The summed E-state index contributed by atoms with van der Waals surface area (Å²) in [4.78, 5) is 5.19. The van der Waals surface area contributed by atoms with Gasteiger partial charge >= 0.3 is 0 Å². The minimum absolute atomic E-state index is 0.641. The summed E-state index contributed by atoms with van der Waals surface area (Å²) >= 11 is 0. The first kappa shape index (κ1) is 16.0. The van der Waals surface area contributed by atoms with Crippen LogP contribution >= 0.6 is 0 Å². The zero-order chi connectivity index (χ0) is 14.4. The molecule has 0 saturated carbocycles. The van der Waals surface area contributed by atoms with Crippen molar-refractivity contribution >= 4 is 0 Å². The first-order chi connectivity index (χ1) is 9.63. The predicted molar refractivity (Wildman–Crippen MR) is 87.2 cm³/mol. The number of piperidine rings is 1. The maximum Gasteiger partial charge on any atom is 0.0169 e. The van der Waals surface area contributed by atoms with Gasteiger partial charge in [-0.3, -0.25) is 4.90 Å². The summed E-state index contributed by atoms with van der Waals surface area (Å²) in [5.74, 6) is 0. The van der Waals surface area contributed by atoms with Gasteiger partial charge in [0.1, 0.15) is 0 Å². The topological polar surface area (TPSA) is 18.5 Å². The quantitative estimate of drug-likeness (QED) is 0.754. The monoisotopic (exact) mass is 279 g/mol. The third-order valence-electron chi connectivity index (χ3n) is 4.60. The molecule has 2 aliphatic heterocycles. The Hall–Kier alpha value is -0.380. The summed E-state index contributed by atoms with van der Waals surface area (Å²) < 4.78 is 0. The molecule has 0 aromatic heterocycles. The van der Waals surface area contributed by atoms with E-state index in [1.54, 1.807) is 0 Å². The van der Waals surface area contributed by atoms with Gasteiger partial charge < -0.3 is 10.2 Å². The molecule has 1 unspecified atom stereocenters. The third-order valence-corrected chi connectivity index (χ3v) is 4.60. The van der Waals surface area contributed by atoms with E-state index in [-0.39, 0.29) is 0 Å². The molecule has 3 nitrogen and oxygen atoms in total. The van der Waals surface area contributed by atoms with E-state index in [9.17, 15) is 0 Å². The Labute approximate surface area is 125 Å². The molecule has 3 heteroatoms. The highest BCUT2D eigenvalue weighted by atomic mass is 15.2. The van der Waals surface area contributed by atoms with Crippen LogP contribution in [-0.2, 0) is 0 Å². The highest BCUT2D eigenvalue weighted by Gasteiger charge is 2.21. The Bertz CT molecular complexity index is 295. The lowest BCUT2D eigenvalue weighted by Gasteiger charge is -2.34. The molecule has 0 aliphatic carbocycles. The Morgan fingerprint density at radius 2 is 1.75 bits per heavy atom. The van der Waals surface area contributed by atoms with Gasteiger partial charge in [-0.05, 0) is 72.6 Å². The third kappa shape index (κ3) is 5.55. The van der Waals surface area contributed by atoms with Crippen LogP contribution in [0.5, 0.6) is 0 Å². The fourth-order valence-electron chi connectivity index (χ4n) is 3.40. The SMILES string of the molecule is CC(C)=CCN1CCC(NC(C)CN2CCCC2)CC1. The lowest BCUT2D eigenvalue weighted by atomic mass is 10.0. The van der Waals surface area contributed by atoms with E-state index in [1.807, 2.05) is 0 Å². The molecule has 2 heterocycles. The number of nitrogens with zero attached hydrogens (tertiary/aromatic N) is 2. The van der Waals surface area contributed by atoms with Gasteiger partial charge in [-0.15, -0.1) is 0 Å². The maximum absolute atomic E-state index is 3.85. The van der Waals surface area contributed by atoms with Crippen LogP contribution in [0, 0.1) is 0 Å². The average molecular weight is 279 g/mol. The summed E-state index contributed by atoms with van der Waals surface area (Å²) in [6.45, 7) is 14.2. The molecular weight excluding hydrogens is 246 g/mol. The van der Waals surface area contributed by atoms with Gasteiger partial charge in [-0.1, -0.05) is 11.6 Å². The zero-order valence-electron chi connectivity index (χ0n) is 13.7. The second kappa shape index (κ2) is 8.16. The van der Waals surface area contributed by atoms with Crippen LogP contribution in [-0.4, -0.2) is 61.2 Å². The lowest BCUT2D eigenvalue weighted by molar-refractivity contribution is 0.198. The number of nitrogens with one attached hydrogen (secondary N) is 1. The number of allylic oxidation sites excluding steroid dienone is 1. The molecule has 1 atom stereocenters. The maximum atomic E-state index is 3.85. The van der Waals surface area contributed by atoms with Gasteiger partial charge in [0.15, 0.2) is 0 Å². The Morgan fingerprint density at radius 3 is 2.35 bits per heavy atom. The fourth-order valence-corrected chi connectivity index (χ4v) is 3.40. The van der Waals surface area contributed by atoms with Crippen molar-refractivity contribution in [3.05, 3.63) is 11.6 Å². The second-order valence-electron chi connectivity index (χ2n) is 6.93. The summed E-state index contributed by atoms with van der Waals surface area (Å²) in [5.41, 5.74) is 1.43. The van der Waals surface area contributed by atoms with Gasteiger partial charge in [-0.25, -0.2) is 0 Å². The Kier molecular flexibility index (Phi) is 6.53. The van der Waals surface area contributed by atoms with Crippen LogP contribution in [0.25, 0.3) is 0 Å². The van der Waals surface area contributed by atoms with Gasteiger partial charge in [0.25, 0.3) is 0 Å². The highest BCUT2D eigenvalue weighted by molar-refractivity contribution is 4.95. The van der Waals surface area contributed by atoms with Crippen molar-refractivity contribution in [3.63, 3.8) is 0 Å². The van der Waals surface area contributed by atoms with Crippen LogP contribution in [0.1, 0.15) is 46.5 Å². The summed E-state index contributed by atoms with van der Waals surface area (Å²) in [6.07, 6.45) is 7.76. The van der Waals surface area contributed by atoms with Gasteiger partial charge in [-0.2, -0.15) is 0 Å². The normalized spacial score (nSPS) is 23.9. The number of hydrogen-bond acceptors (Lipinski definition) is 3. The van der Waals surface area contributed by atoms with Gasteiger partial charge in [0, 0.05) is 25.2 Å². The fraction of sp³-hybridized carbons (Fsp3) is 0.882. The van der Waals surface area contributed by atoms with E-state index in [0.29, 0.717) is 6.04 Å². The Balaban J connectivity index is 1.62. The van der Waals surface area contributed by atoms with Crippen molar-refractivity contribution in [2.75, 3.05) is 39.3 Å². The van der Waals surface area contributed by atoms with E-state index in [1.165, 1.54) is 64.0 Å². The molecule has 0 radical (unpaired) electrons. The predicted octanol–water partition coefficient (Wildman–Crippen LogP) is 2.49. The van der Waals surface area contributed by atoms with Crippen LogP contribution in [0.15, 0.2) is 11.6 Å². The molecule has 116 valence electrons. The number of rotatable bonds is 6. The highest BCUT2D eigenvalue weighted by Crippen LogP contribution is 2.13. The summed E-state index contributed by atoms with van der Waals surface area (Å²) in [7, 11) is 0. The van der Waals surface area contributed by atoms with Crippen molar-refractivity contribution in [2.24, 2.45) is 0 Å². The molecule has 2 rings (SSSR count). The molecule has 20 heavy (non-hydrogen) atoms. The van der Waals surface area contributed by atoms with E-state index in [2.05, 4.69) is 42.0 Å². The molecular formula is C17H33N3. The molecule has 2 aliphatic rings. The summed E-state index contributed by atoms with van der Waals surface area (Å²) in [5, 5.41) is 3.85. The van der Waals surface area contributed by atoms with Crippen molar-refractivity contribution in [3.8, 4) is 0 Å². The molecule has 0 spiro atoms. The van der Waals surface area contributed by atoms with Crippen molar-refractivity contribution < 1.29 is 0 Å². The van der Waals surface area contributed by atoms with Gasteiger partial charge in [0.2, 0.25) is 0 Å². The first-order valence-electron chi connectivity index (χ1n) is 8.47. The van der Waals surface area contributed by atoms with E-state index >= 15 is 0 Å². The molecule has 0 aromatic carbocycles. The number of hydrogen-bond donors (Lipinski definition) is 1. The molecule has 2 fully saturated rings. The molecule has 2 saturated heterocycles. The van der Waals surface area contributed by atoms with Crippen LogP contribution < -0.4 is 5.32 Å². The molecule has 1 N–H and O–H groups in total. The van der Waals surface area contributed by atoms with E-state index in [4.69, 9.17) is 0 Å². The Morgan fingerprint density at radius 1 is 1.10 bits per heavy atom. The lowest BCUT2D eigenvalue weighted by Crippen LogP contribution is -2.48. The second-order valence-corrected chi connectivity index (χ2v) is 6.93. The first-order valence-corrected chi connectivity index (χ1v) is 8.47. The average Bonchev–Trinajstić information content (AvgIpc) is 2.90. The van der Waals surface area contributed by atoms with E-state index in [0.717, 1.165) is 12.6 Å². The minimum atomic E-state index is 0.641. The van der Waals surface area contributed by atoms with Crippen LogP contribution in [0.4, 0.5) is 0 Å². The molecule has 0 aromatic rings. The largest absolute Gasteiger partial charge is 0.310 e. The van der Waals surface area contributed by atoms with E-state index < -0.39 is 0 Å². The standard InChI is InChI=1S/C17H33N3/c1-15(2)6-11-19-12-7-17(8-13-19)18-16(3)14-20-9-4-5-10-20/h6,16-18H,4-5,7-14H2,1-3H3. The smallest absolute Gasteiger partial charge is 0.0169 e. The van der Waals surface area contributed by atoms with Crippen LogP contribution in [0.3, 0.4) is 0 Å². The number of likely N-dealkylation sites (tertiary alicyclic amines) is 2. The van der Waals surface area contributed by atoms with Crippen molar-refractivity contribution in [1.82, 2.24) is 15.1 Å². The minimum Gasteiger partial charge on any atom is -0.310 e. The molecule has 0 bridgehead atoms. The van der Waals surface area contributed by atoms with Gasteiger partial charge in [0.05, 0.1) is 0 Å². The van der Waals surface area contributed by atoms with Crippen molar-refractivity contribution in [1.29, 1.82) is 0 Å². The van der Waals surface area contributed by atoms with Crippen LogP contribution in [0.2, 0.25) is 0 Å². The zero-order valence-corrected chi connectivity index (χ0v) is 13.7.